The van der Waals surface area contributed by atoms with Crippen molar-refractivity contribution < 1.29 is 9.59 Å². The highest BCUT2D eigenvalue weighted by Gasteiger charge is 2.11. The molecule has 144 valence electrons. The van der Waals surface area contributed by atoms with Crippen molar-refractivity contribution in [3.63, 3.8) is 0 Å². The zero-order valence-electron chi connectivity index (χ0n) is 14.7. The van der Waals surface area contributed by atoms with Crippen molar-refractivity contribution in [3.8, 4) is 0 Å². The molecular weight excluding hydrogens is 417 g/mol. The molecule has 2 aromatic carbocycles. The van der Waals surface area contributed by atoms with Gasteiger partial charge in [-0.25, -0.2) is 4.98 Å². The van der Waals surface area contributed by atoms with Crippen molar-refractivity contribution in [1.29, 1.82) is 0 Å². The zero-order chi connectivity index (χ0) is 19.9. The van der Waals surface area contributed by atoms with E-state index in [9.17, 15) is 9.59 Å². The van der Waals surface area contributed by atoms with Crippen LogP contribution in [0.25, 0.3) is 0 Å². The number of benzene rings is 2. The maximum atomic E-state index is 12.2. The van der Waals surface area contributed by atoms with E-state index in [-0.39, 0.29) is 18.2 Å². The molecule has 0 aliphatic carbocycles. The molecule has 0 aliphatic rings. The number of thiazole rings is 1. The number of halogens is 2. The average molecular weight is 434 g/mol. The van der Waals surface area contributed by atoms with Gasteiger partial charge < -0.3 is 5.32 Å². The van der Waals surface area contributed by atoms with E-state index in [0.717, 1.165) is 5.56 Å². The van der Waals surface area contributed by atoms with Gasteiger partial charge in [0.1, 0.15) is 0 Å². The minimum Gasteiger partial charge on any atom is -0.355 e. The number of amides is 2. The number of carbonyl (C=O) groups excluding carboxylic acids is 2. The highest BCUT2D eigenvalue weighted by atomic mass is 35.5. The summed E-state index contributed by atoms with van der Waals surface area (Å²) in [7, 11) is 0. The third-order valence-electron chi connectivity index (χ3n) is 3.85. The van der Waals surface area contributed by atoms with E-state index < -0.39 is 0 Å². The number of nitrogens with zero attached hydrogens (tertiary/aromatic N) is 1. The highest BCUT2D eigenvalue weighted by Crippen LogP contribution is 2.18. The Kier molecular flexibility index (Phi) is 7.03. The minimum absolute atomic E-state index is 0.122. The lowest BCUT2D eigenvalue weighted by Crippen LogP contribution is -2.27. The fraction of sp³-hybridized carbons (Fsp3) is 0.150. The van der Waals surface area contributed by atoms with E-state index >= 15 is 0 Å². The monoisotopic (exact) mass is 433 g/mol. The first-order valence-electron chi connectivity index (χ1n) is 8.52. The molecule has 0 aliphatic heterocycles. The number of rotatable bonds is 7. The van der Waals surface area contributed by atoms with Gasteiger partial charge in [-0.1, -0.05) is 35.3 Å². The molecule has 3 rings (SSSR count). The first-order valence-corrected chi connectivity index (χ1v) is 10.2. The molecule has 2 N–H and O–H groups in total. The molecule has 0 saturated heterocycles. The molecule has 0 atom stereocenters. The second-order valence-electron chi connectivity index (χ2n) is 6.01. The van der Waals surface area contributed by atoms with Gasteiger partial charge >= 0.3 is 0 Å². The Morgan fingerprint density at radius 2 is 1.82 bits per heavy atom. The normalized spacial score (nSPS) is 10.5. The summed E-state index contributed by atoms with van der Waals surface area (Å²) in [6, 6.07) is 14.1. The smallest absolute Gasteiger partial charge is 0.257 e. The molecule has 0 saturated carbocycles. The van der Waals surface area contributed by atoms with Crippen molar-refractivity contribution in [3.05, 3.63) is 80.8 Å². The first-order chi connectivity index (χ1) is 13.5. The Balaban J connectivity index is 1.46. The number of anilines is 1. The van der Waals surface area contributed by atoms with Crippen molar-refractivity contribution in [2.24, 2.45) is 0 Å². The van der Waals surface area contributed by atoms with E-state index in [1.54, 1.807) is 29.6 Å². The van der Waals surface area contributed by atoms with Crippen molar-refractivity contribution in [2.75, 3.05) is 11.9 Å². The van der Waals surface area contributed by atoms with Gasteiger partial charge in [-0.3, -0.25) is 14.9 Å². The standard InChI is InChI=1S/C20H17Cl2N3O2S/c21-15-6-4-14(5-7-15)19(27)25-20-24-17(12-28-20)11-18(26)23-9-8-13-2-1-3-16(22)10-13/h1-7,10,12H,8-9,11H2,(H,23,26)(H,24,25,27). The molecule has 8 heteroatoms. The third kappa shape index (κ3) is 6.05. The average Bonchev–Trinajstić information content (AvgIpc) is 3.09. The van der Waals surface area contributed by atoms with Crippen LogP contribution in [-0.2, 0) is 17.6 Å². The van der Waals surface area contributed by atoms with Gasteiger partial charge in [0.15, 0.2) is 5.13 Å². The Hall–Kier alpha value is -2.41. The van der Waals surface area contributed by atoms with Crippen LogP contribution in [0.5, 0.6) is 0 Å². The molecule has 1 aromatic heterocycles. The van der Waals surface area contributed by atoms with Crippen LogP contribution >= 0.6 is 34.5 Å². The van der Waals surface area contributed by atoms with Crippen LogP contribution in [0.3, 0.4) is 0 Å². The summed E-state index contributed by atoms with van der Waals surface area (Å²) in [4.78, 5) is 28.6. The van der Waals surface area contributed by atoms with Gasteiger partial charge in [-0.2, -0.15) is 0 Å². The second-order valence-corrected chi connectivity index (χ2v) is 7.74. The molecule has 1 heterocycles. The van der Waals surface area contributed by atoms with Gasteiger partial charge in [-0.05, 0) is 48.4 Å². The third-order valence-corrected chi connectivity index (χ3v) is 5.14. The number of hydrogen-bond donors (Lipinski definition) is 2. The topological polar surface area (TPSA) is 71.1 Å². The van der Waals surface area contributed by atoms with Crippen molar-refractivity contribution >= 4 is 51.5 Å². The van der Waals surface area contributed by atoms with Crippen LogP contribution in [0.4, 0.5) is 5.13 Å². The maximum absolute atomic E-state index is 12.2. The Labute approximate surface area is 176 Å². The summed E-state index contributed by atoms with van der Waals surface area (Å²) in [6.45, 7) is 0.517. The van der Waals surface area contributed by atoms with Gasteiger partial charge in [0.05, 0.1) is 12.1 Å². The van der Waals surface area contributed by atoms with Crippen LogP contribution in [0.15, 0.2) is 53.9 Å². The van der Waals surface area contributed by atoms with Gasteiger partial charge in [0.2, 0.25) is 5.91 Å². The van der Waals surface area contributed by atoms with Crippen LogP contribution in [0.2, 0.25) is 10.0 Å². The Morgan fingerprint density at radius 1 is 1.04 bits per heavy atom. The molecule has 0 fully saturated rings. The largest absolute Gasteiger partial charge is 0.355 e. The fourth-order valence-corrected chi connectivity index (χ4v) is 3.53. The fourth-order valence-electron chi connectivity index (χ4n) is 2.48. The SMILES string of the molecule is O=C(Cc1csc(NC(=O)c2ccc(Cl)cc2)n1)NCCc1cccc(Cl)c1. The molecule has 28 heavy (non-hydrogen) atoms. The molecule has 5 nitrogen and oxygen atoms in total. The van der Waals surface area contributed by atoms with Gasteiger partial charge in [-0.15, -0.1) is 11.3 Å². The molecule has 0 bridgehead atoms. The minimum atomic E-state index is -0.274. The number of aromatic nitrogens is 1. The quantitative estimate of drug-likeness (QED) is 0.571. The van der Waals surface area contributed by atoms with Crippen LogP contribution in [-0.4, -0.2) is 23.3 Å². The summed E-state index contributed by atoms with van der Waals surface area (Å²) in [6.07, 6.45) is 0.856. The van der Waals surface area contributed by atoms with Crippen LogP contribution < -0.4 is 10.6 Å². The summed E-state index contributed by atoms with van der Waals surface area (Å²) in [5, 5.41) is 9.03. The Morgan fingerprint density at radius 3 is 2.57 bits per heavy atom. The van der Waals surface area contributed by atoms with E-state index in [4.69, 9.17) is 23.2 Å². The number of nitrogens with one attached hydrogen (secondary N) is 2. The predicted octanol–water partition coefficient (Wildman–Crippen LogP) is 4.60. The number of carbonyl (C=O) groups is 2. The van der Waals surface area contributed by atoms with E-state index in [2.05, 4.69) is 15.6 Å². The lowest BCUT2D eigenvalue weighted by Gasteiger charge is -2.05. The lowest BCUT2D eigenvalue weighted by molar-refractivity contribution is -0.120. The summed E-state index contributed by atoms with van der Waals surface area (Å²) >= 11 is 13.0. The van der Waals surface area contributed by atoms with E-state index in [1.165, 1.54) is 11.3 Å². The van der Waals surface area contributed by atoms with Gasteiger partial charge in [0.25, 0.3) is 5.91 Å². The van der Waals surface area contributed by atoms with E-state index in [1.807, 2.05) is 24.3 Å². The summed E-state index contributed by atoms with van der Waals surface area (Å²) in [5.41, 5.74) is 2.16. The van der Waals surface area contributed by atoms with Crippen molar-refractivity contribution in [1.82, 2.24) is 10.3 Å². The molecule has 3 aromatic rings. The zero-order valence-corrected chi connectivity index (χ0v) is 17.1. The summed E-state index contributed by atoms with van der Waals surface area (Å²) < 4.78 is 0. The molecule has 2 amide bonds. The van der Waals surface area contributed by atoms with Crippen LogP contribution in [0, 0.1) is 0 Å². The van der Waals surface area contributed by atoms with Crippen LogP contribution in [0.1, 0.15) is 21.6 Å². The molecule has 0 radical (unpaired) electrons. The van der Waals surface area contributed by atoms with E-state index in [0.29, 0.717) is 39.4 Å². The van der Waals surface area contributed by atoms with Gasteiger partial charge in [0, 0.05) is 27.5 Å². The second kappa shape index (κ2) is 9.68. The first kappa shape index (κ1) is 20.3. The van der Waals surface area contributed by atoms with Crippen molar-refractivity contribution in [2.45, 2.75) is 12.8 Å². The number of hydrogen-bond acceptors (Lipinski definition) is 4. The lowest BCUT2D eigenvalue weighted by atomic mass is 10.1. The summed E-state index contributed by atoms with van der Waals surface area (Å²) in [5.74, 6) is -0.397. The molecular formula is C20H17Cl2N3O2S. The molecule has 0 spiro atoms. The molecule has 0 unspecified atom stereocenters. The Bertz CT molecular complexity index is 974. The highest BCUT2D eigenvalue weighted by molar-refractivity contribution is 7.14. The maximum Gasteiger partial charge on any atom is 0.257 e. The predicted molar refractivity (Wildman–Crippen MR) is 113 cm³/mol.